The molecule has 1 rings (SSSR count). The second-order valence-electron chi connectivity index (χ2n) is 4.39. The highest BCUT2D eigenvalue weighted by atomic mass is 16.3. The summed E-state index contributed by atoms with van der Waals surface area (Å²) in [7, 11) is 0. The Bertz CT molecular complexity index is 294. The molecule has 1 aromatic rings. The van der Waals surface area contributed by atoms with Crippen LogP contribution in [-0.4, -0.2) is 17.8 Å². The third kappa shape index (κ3) is 3.68. The fourth-order valence-electron chi connectivity index (χ4n) is 1.32. The van der Waals surface area contributed by atoms with Crippen LogP contribution in [0.2, 0.25) is 0 Å². The van der Waals surface area contributed by atoms with Crippen molar-refractivity contribution in [2.24, 2.45) is 5.92 Å². The van der Waals surface area contributed by atoms with Crippen LogP contribution >= 0.6 is 0 Å². The van der Waals surface area contributed by atoms with Crippen LogP contribution in [0.3, 0.4) is 0 Å². The van der Waals surface area contributed by atoms with Gasteiger partial charge in [-0.3, -0.25) is 0 Å². The van der Waals surface area contributed by atoms with E-state index in [4.69, 9.17) is 4.42 Å². The highest BCUT2D eigenvalue weighted by Crippen LogP contribution is 2.15. The minimum absolute atomic E-state index is 0.145. The Hall–Kier alpha value is -0.800. The largest absolute Gasteiger partial charge is 0.465 e. The van der Waals surface area contributed by atoms with E-state index < -0.39 is 0 Å². The Labute approximate surface area is 91.5 Å². The van der Waals surface area contributed by atoms with Gasteiger partial charge in [-0.15, -0.1) is 0 Å². The van der Waals surface area contributed by atoms with E-state index in [9.17, 15) is 5.11 Å². The van der Waals surface area contributed by atoms with E-state index in [1.807, 2.05) is 39.8 Å². The number of aryl methyl sites for hydroxylation is 1. The van der Waals surface area contributed by atoms with Crippen molar-refractivity contribution < 1.29 is 9.52 Å². The van der Waals surface area contributed by atoms with Gasteiger partial charge in [0, 0.05) is 6.54 Å². The molecule has 0 radical (unpaired) electrons. The van der Waals surface area contributed by atoms with Crippen molar-refractivity contribution in [3.05, 3.63) is 23.7 Å². The molecule has 2 unspecified atom stereocenters. The van der Waals surface area contributed by atoms with Gasteiger partial charge < -0.3 is 14.8 Å². The monoisotopic (exact) mass is 211 g/mol. The van der Waals surface area contributed by atoms with Gasteiger partial charge in [-0.1, -0.05) is 13.8 Å². The smallest absolute Gasteiger partial charge is 0.120 e. The summed E-state index contributed by atoms with van der Waals surface area (Å²) in [5.74, 6) is 2.12. The first kappa shape index (κ1) is 12.3. The van der Waals surface area contributed by atoms with Gasteiger partial charge in [0.05, 0.1) is 12.1 Å². The summed E-state index contributed by atoms with van der Waals surface area (Å²) in [5.41, 5.74) is 0. The molecule has 0 spiro atoms. The predicted molar refractivity (Wildman–Crippen MR) is 60.7 cm³/mol. The maximum absolute atomic E-state index is 9.63. The molecular weight excluding hydrogens is 190 g/mol. The summed E-state index contributed by atoms with van der Waals surface area (Å²) < 4.78 is 5.49. The average Bonchev–Trinajstić information content (AvgIpc) is 2.60. The van der Waals surface area contributed by atoms with Crippen LogP contribution in [0.5, 0.6) is 0 Å². The molecule has 0 bridgehead atoms. The van der Waals surface area contributed by atoms with Crippen LogP contribution in [0.25, 0.3) is 0 Å². The van der Waals surface area contributed by atoms with Gasteiger partial charge in [-0.2, -0.15) is 0 Å². The zero-order chi connectivity index (χ0) is 11.4. The van der Waals surface area contributed by atoms with E-state index in [0.717, 1.165) is 11.5 Å². The third-order valence-electron chi connectivity index (χ3n) is 2.59. The Kier molecular flexibility index (Phi) is 4.36. The maximum atomic E-state index is 9.63. The Morgan fingerprint density at radius 3 is 2.47 bits per heavy atom. The first-order chi connectivity index (χ1) is 7.00. The van der Waals surface area contributed by atoms with E-state index >= 15 is 0 Å². The Morgan fingerprint density at radius 1 is 1.33 bits per heavy atom. The molecular formula is C12H21NO2. The fraction of sp³-hybridized carbons (Fsp3) is 0.667. The van der Waals surface area contributed by atoms with Gasteiger partial charge in [0.2, 0.25) is 0 Å². The molecule has 0 aliphatic heterocycles. The maximum Gasteiger partial charge on any atom is 0.120 e. The van der Waals surface area contributed by atoms with E-state index in [1.165, 1.54) is 0 Å². The summed E-state index contributed by atoms with van der Waals surface area (Å²) in [5, 5.41) is 12.9. The highest BCUT2D eigenvalue weighted by molar-refractivity contribution is 5.08. The molecule has 0 fully saturated rings. The number of hydrogen-bond acceptors (Lipinski definition) is 3. The van der Waals surface area contributed by atoms with Gasteiger partial charge in [0.25, 0.3) is 0 Å². The van der Waals surface area contributed by atoms with Crippen LogP contribution in [0.1, 0.15) is 38.3 Å². The summed E-state index contributed by atoms with van der Waals surface area (Å²) in [6, 6.07) is 4.06. The van der Waals surface area contributed by atoms with Crippen LogP contribution < -0.4 is 5.32 Å². The lowest BCUT2D eigenvalue weighted by molar-refractivity contribution is 0.119. The lowest BCUT2D eigenvalue weighted by Crippen LogP contribution is -2.32. The quantitative estimate of drug-likeness (QED) is 0.785. The average molecular weight is 211 g/mol. The number of nitrogens with one attached hydrogen (secondary N) is 1. The van der Waals surface area contributed by atoms with Crippen LogP contribution in [0.4, 0.5) is 0 Å². The molecule has 1 aromatic heterocycles. The molecule has 2 N–H and O–H groups in total. The van der Waals surface area contributed by atoms with Crippen LogP contribution in [-0.2, 0) is 0 Å². The van der Waals surface area contributed by atoms with Crippen molar-refractivity contribution in [2.75, 3.05) is 6.54 Å². The molecule has 0 aliphatic carbocycles. The molecule has 3 nitrogen and oxygen atoms in total. The molecule has 0 amide bonds. The number of rotatable bonds is 5. The van der Waals surface area contributed by atoms with Gasteiger partial charge in [0.1, 0.15) is 11.5 Å². The highest BCUT2D eigenvalue weighted by Gasteiger charge is 2.13. The molecule has 2 atom stereocenters. The van der Waals surface area contributed by atoms with Crippen molar-refractivity contribution in [3.8, 4) is 0 Å². The minimum atomic E-state index is -0.302. The molecule has 86 valence electrons. The predicted octanol–water partition coefficient (Wildman–Crippen LogP) is 2.26. The van der Waals surface area contributed by atoms with E-state index in [-0.39, 0.29) is 18.1 Å². The van der Waals surface area contributed by atoms with Crippen molar-refractivity contribution in [2.45, 2.75) is 39.8 Å². The van der Waals surface area contributed by atoms with Crippen molar-refractivity contribution >= 4 is 0 Å². The first-order valence-corrected chi connectivity index (χ1v) is 5.48. The van der Waals surface area contributed by atoms with E-state index in [2.05, 4.69) is 5.32 Å². The standard InChI is InChI=1S/C12H21NO2/c1-8(2)11(14)7-13-10(4)12-6-5-9(3)15-12/h5-6,8,10-11,13-14H,7H2,1-4H3. The summed E-state index contributed by atoms with van der Waals surface area (Å²) in [4.78, 5) is 0. The van der Waals surface area contributed by atoms with E-state index in [0.29, 0.717) is 6.54 Å². The van der Waals surface area contributed by atoms with Crippen molar-refractivity contribution in [1.82, 2.24) is 5.32 Å². The Morgan fingerprint density at radius 2 is 2.00 bits per heavy atom. The summed E-state index contributed by atoms with van der Waals surface area (Å²) >= 11 is 0. The van der Waals surface area contributed by atoms with Crippen molar-refractivity contribution in [3.63, 3.8) is 0 Å². The van der Waals surface area contributed by atoms with Gasteiger partial charge >= 0.3 is 0 Å². The normalized spacial score (nSPS) is 15.6. The van der Waals surface area contributed by atoms with Crippen LogP contribution in [0, 0.1) is 12.8 Å². The second-order valence-corrected chi connectivity index (χ2v) is 4.39. The van der Waals surface area contributed by atoms with Gasteiger partial charge in [0.15, 0.2) is 0 Å². The molecule has 0 saturated heterocycles. The lowest BCUT2D eigenvalue weighted by Gasteiger charge is -2.18. The number of aliphatic hydroxyl groups is 1. The van der Waals surface area contributed by atoms with Gasteiger partial charge in [-0.25, -0.2) is 0 Å². The minimum Gasteiger partial charge on any atom is -0.465 e. The molecule has 15 heavy (non-hydrogen) atoms. The molecule has 1 heterocycles. The molecule has 0 aliphatic rings. The van der Waals surface area contributed by atoms with Gasteiger partial charge in [-0.05, 0) is 31.9 Å². The third-order valence-corrected chi connectivity index (χ3v) is 2.59. The number of furan rings is 1. The van der Waals surface area contributed by atoms with E-state index in [1.54, 1.807) is 0 Å². The SMILES string of the molecule is Cc1ccc(C(C)NCC(O)C(C)C)o1. The zero-order valence-corrected chi connectivity index (χ0v) is 9.95. The fourth-order valence-corrected chi connectivity index (χ4v) is 1.32. The lowest BCUT2D eigenvalue weighted by atomic mass is 10.1. The Balaban J connectivity index is 2.39. The number of hydrogen-bond donors (Lipinski definition) is 2. The van der Waals surface area contributed by atoms with Crippen molar-refractivity contribution in [1.29, 1.82) is 0 Å². The zero-order valence-electron chi connectivity index (χ0n) is 9.95. The van der Waals surface area contributed by atoms with Crippen LogP contribution in [0.15, 0.2) is 16.5 Å². The number of aliphatic hydroxyl groups excluding tert-OH is 1. The summed E-state index contributed by atoms with van der Waals surface area (Å²) in [6.45, 7) is 8.57. The molecule has 0 aromatic carbocycles. The topological polar surface area (TPSA) is 45.4 Å². The molecule has 0 saturated carbocycles. The first-order valence-electron chi connectivity index (χ1n) is 5.48. The second kappa shape index (κ2) is 5.33. The molecule has 3 heteroatoms. The summed E-state index contributed by atoms with van der Waals surface area (Å²) in [6.07, 6.45) is -0.302.